The summed E-state index contributed by atoms with van der Waals surface area (Å²) in [5.41, 5.74) is 0. The Bertz CT molecular complexity index is 520. The van der Waals surface area contributed by atoms with Gasteiger partial charge in [0.1, 0.15) is 28.6 Å². The number of hydrogen-bond acceptors (Lipinski definition) is 8. The highest BCUT2D eigenvalue weighted by atomic mass is 33.1. The lowest BCUT2D eigenvalue weighted by molar-refractivity contribution is -0.137. The zero-order chi connectivity index (χ0) is 24.0. The van der Waals surface area contributed by atoms with E-state index in [2.05, 4.69) is 49.2 Å². The van der Waals surface area contributed by atoms with Crippen LogP contribution in [0.1, 0.15) is 0 Å². The van der Waals surface area contributed by atoms with Gasteiger partial charge in [0.25, 0.3) is 0 Å². The SMILES string of the molecule is C[Si](C)(C)N[C@@H](CSSC[C@H](N[Si](C)(C)C)C(=O)O[Si](C)(C)C)C(=O)O[Si](C)(C)C. The van der Waals surface area contributed by atoms with Crippen LogP contribution in [0.3, 0.4) is 0 Å². The van der Waals surface area contributed by atoms with Crippen molar-refractivity contribution in [2.75, 3.05) is 11.5 Å². The molecule has 0 aromatic rings. The molecule has 0 aliphatic rings. The molecular formula is C18H44N2O4S2Si4. The van der Waals surface area contributed by atoms with Crippen molar-refractivity contribution in [3.05, 3.63) is 0 Å². The van der Waals surface area contributed by atoms with Crippen LogP contribution in [0.2, 0.25) is 78.6 Å². The summed E-state index contributed by atoms with van der Waals surface area (Å²) in [6.45, 7) is 25.2. The number of carbonyl (C=O) groups is 2. The molecule has 0 rings (SSSR count). The average molecular weight is 529 g/mol. The lowest BCUT2D eigenvalue weighted by atomic mass is 10.4. The van der Waals surface area contributed by atoms with Gasteiger partial charge in [-0.1, -0.05) is 60.9 Å². The van der Waals surface area contributed by atoms with E-state index >= 15 is 0 Å². The summed E-state index contributed by atoms with van der Waals surface area (Å²) in [4.78, 5) is 32.4. The van der Waals surface area contributed by atoms with E-state index in [9.17, 15) is 9.59 Å². The Morgan fingerprint density at radius 2 is 0.900 bits per heavy atom. The van der Waals surface area contributed by atoms with E-state index in [1.807, 2.05) is 39.3 Å². The summed E-state index contributed by atoms with van der Waals surface area (Å²) in [5, 5.41) is 0. The molecule has 0 heterocycles. The molecule has 0 saturated carbocycles. The van der Waals surface area contributed by atoms with Crippen LogP contribution in [0.4, 0.5) is 0 Å². The van der Waals surface area contributed by atoms with Crippen LogP contribution in [-0.2, 0) is 18.4 Å². The van der Waals surface area contributed by atoms with Crippen LogP contribution in [0.15, 0.2) is 0 Å². The summed E-state index contributed by atoms with van der Waals surface area (Å²) < 4.78 is 11.5. The van der Waals surface area contributed by atoms with E-state index in [0.29, 0.717) is 11.5 Å². The van der Waals surface area contributed by atoms with E-state index in [0.717, 1.165) is 0 Å². The van der Waals surface area contributed by atoms with Gasteiger partial charge in [-0.15, -0.1) is 0 Å². The zero-order valence-electron chi connectivity index (χ0n) is 21.0. The van der Waals surface area contributed by atoms with Gasteiger partial charge in [-0.2, -0.15) is 0 Å². The van der Waals surface area contributed by atoms with E-state index in [4.69, 9.17) is 8.85 Å². The predicted molar refractivity (Wildman–Crippen MR) is 144 cm³/mol. The lowest BCUT2D eigenvalue weighted by Gasteiger charge is -2.29. The van der Waals surface area contributed by atoms with Gasteiger partial charge >= 0.3 is 11.9 Å². The van der Waals surface area contributed by atoms with Crippen LogP contribution >= 0.6 is 21.6 Å². The van der Waals surface area contributed by atoms with Crippen LogP contribution in [0.5, 0.6) is 0 Å². The first-order chi connectivity index (χ1) is 13.2. The molecule has 0 unspecified atom stereocenters. The van der Waals surface area contributed by atoms with Gasteiger partial charge in [-0.25, -0.2) is 0 Å². The zero-order valence-corrected chi connectivity index (χ0v) is 26.7. The number of hydrogen-bond donors (Lipinski definition) is 2. The Kier molecular flexibility index (Phi) is 12.2. The molecule has 178 valence electrons. The minimum Gasteiger partial charge on any atom is -0.519 e. The lowest BCUT2D eigenvalue weighted by Crippen LogP contribution is -2.54. The molecule has 2 N–H and O–H groups in total. The van der Waals surface area contributed by atoms with Crippen molar-refractivity contribution in [2.45, 2.75) is 90.6 Å². The summed E-state index contributed by atoms with van der Waals surface area (Å²) in [5.74, 6) is 0.918. The van der Waals surface area contributed by atoms with Crippen molar-refractivity contribution in [1.29, 1.82) is 0 Å². The summed E-state index contributed by atoms with van der Waals surface area (Å²) in [6.07, 6.45) is 0. The second-order valence-electron chi connectivity index (χ2n) is 11.5. The van der Waals surface area contributed by atoms with Crippen molar-refractivity contribution >= 4 is 66.6 Å². The fourth-order valence-corrected chi connectivity index (χ4v) is 8.98. The van der Waals surface area contributed by atoms with Gasteiger partial charge in [0, 0.05) is 11.5 Å². The van der Waals surface area contributed by atoms with Gasteiger partial charge in [-0.3, -0.25) is 9.59 Å². The average Bonchev–Trinajstić information content (AvgIpc) is 2.42. The van der Waals surface area contributed by atoms with Gasteiger partial charge < -0.3 is 18.8 Å². The van der Waals surface area contributed by atoms with Gasteiger partial charge in [-0.05, 0) is 39.3 Å². The smallest absolute Gasteiger partial charge is 0.310 e. The quantitative estimate of drug-likeness (QED) is 0.202. The van der Waals surface area contributed by atoms with Crippen molar-refractivity contribution < 1.29 is 18.4 Å². The van der Waals surface area contributed by atoms with Crippen LogP contribution in [-0.4, -0.2) is 68.6 Å². The highest BCUT2D eigenvalue weighted by Gasteiger charge is 2.32. The first kappa shape index (κ1) is 30.4. The second kappa shape index (κ2) is 12.0. The molecule has 0 bridgehead atoms. The minimum absolute atomic E-state index is 0.153. The van der Waals surface area contributed by atoms with Crippen LogP contribution < -0.4 is 9.96 Å². The van der Waals surface area contributed by atoms with E-state index < -0.39 is 33.1 Å². The third kappa shape index (κ3) is 17.0. The predicted octanol–water partition coefficient (Wildman–Crippen LogP) is 4.71. The number of carbonyl (C=O) groups excluding carboxylic acids is 2. The Morgan fingerprint density at radius 3 is 1.10 bits per heavy atom. The Balaban J connectivity index is 4.98. The molecule has 0 aliphatic heterocycles. The Morgan fingerprint density at radius 1 is 0.633 bits per heavy atom. The molecule has 2 atom stereocenters. The topological polar surface area (TPSA) is 76.7 Å². The van der Waals surface area contributed by atoms with Crippen molar-refractivity contribution in [2.24, 2.45) is 0 Å². The molecule has 0 fully saturated rings. The summed E-state index contributed by atoms with van der Waals surface area (Å²) in [7, 11) is -3.95. The fraction of sp³-hybridized carbons (Fsp3) is 0.889. The highest BCUT2D eigenvalue weighted by molar-refractivity contribution is 8.76. The van der Waals surface area contributed by atoms with Crippen LogP contribution in [0.25, 0.3) is 0 Å². The van der Waals surface area contributed by atoms with E-state index in [1.54, 1.807) is 21.6 Å². The van der Waals surface area contributed by atoms with Gasteiger partial charge in [0.05, 0.1) is 0 Å². The maximum absolute atomic E-state index is 12.7. The Hall–Kier alpha value is 0.428. The second-order valence-corrected chi connectivity index (χ2v) is 32.5. The maximum atomic E-state index is 12.7. The molecule has 0 aromatic carbocycles. The van der Waals surface area contributed by atoms with Crippen molar-refractivity contribution in [3.8, 4) is 0 Å². The first-order valence-electron chi connectivity index (χ1n) is 10.4. The molecule has 0 aliphatic carbocycles. The molecule has 0 spiro atoms. The third-order valence-electron chi connectivity index (χ3n) is 3.15. The number of rotatable bonds is 13. The van der Waals surface area contributed by atoms with Crippen LogP contribution in [0, 0.1) is 0 Å². The molecule has 30 heavy (non-hydrogen) atoms. The first-order valence-corrected chi connectivity index (χ1v) is 26.7. The normalized spacial score (nSPS) is 15.5. The Labute approximate surface area is 196 Å². The van der Waals surface area contributed by atoms with Gasteiger partial charge in [0.2, 0.25) is 16.6 Å². The van der Waals surface area contributed by atoms with E-state index in [1.165, 1.54) is 0 Å². The summed E-state index contributed by atoms with van der Waals surface area (Å²) in [6, 6.07) is -0.642. The standard InChI is InChI=1S/C18H44N2O4S2Si4/c1-27(2,3)19-15(17(21)23-29(7,8)9)13-25-26-14-16(20-28(4,5)6)18(22)24-30(10,11)12/h15-16,19-20H,13-14H2,1-12H3/t15-,16-/m0/s1. The van der Waals surface area contributed by atoms with Gasteiger partial charge in [0.15, 0.2) is 0 Å². The molecule has 12 heteroatoms. The largest absolute Gasteiger partial charge is 0.519 e. The highest BCUT2D eigenvalue weighted by Crippen LogP contribution is 2.25. The molecule has 0 amide bonds. The maximum Gasteiger partial charge on any atom is 0.310 e. The monoisotopic (exact) mass is 528 g/mol. The van der Waals surface area contributed by atoms with E-state index in [-0.39, 0.29) is 24.0 Å². The number of nitrogens with one attached hydrogen (secondary N) is 2. The molecule has 6 nitrogen and oxygen atoms in total. The summed E-state index contributed by atoms with van der Waals surface area (Å²) >= 11 is 0. The van der Waals surface area contributed by atoms with Crippen molar-refractivity contribution in [3.63, 3.8) is 0 Å². The van der Waals surface area contributed by atoms with Crippen molar-refractivity contribution in [1.82, 2.24) is 9.96 Å². The molecule has 0 aromatic heterocycles. The molecule has 0 radical (unpaired) electrons. The third-order valence-corrected chi connectivity index (χ3v) is 9.63. The minimum atomic E-state index is -1.94. The molecular weight excluding hydrogens is 485 g/mol. The fourth-order valence-electron chi connectivity index (χ4n) is 2.36. The molecule has 0 saturated heterocycles.